The number of hydrogen-bond acceptors (Lipinski definition) is 1. The molecule has 3 heterocycles. The Balaban J connectivity index is 1.26. The molecule has 236 valence electrons. The normalized spacial score (nSPS) is 12.3. The molecule has 0 aliphatic rings. The van der Waals surface area contributed by atoms with Crippen LogP contribution in [0.3, 0.4) is 0 Å². The molecule has 0 radical (unpaired) electrons. The van der Waals surface area contributed by atoms with Crippen molar-refractivity contribution in [2.24, 2.45) is 0 Å². The van der Waals surface area contributed by atoms with Crippen LogP contribution in [0.15, 0.2) is 170 Å². The maximum atomic E-state index is 2.51. The summed E-state index contributed by atoms with van der Waals surface area (Å²) in [7, 11) is 0. The van der Waals surface area contributed by atoms with E-state index in [0.29, 0.717) is 0 Å². The standard InChI is InChI=1S/C48H28N2S/c1-2-13-30(14-3-1)49-38-22-9-20-35-33-16-4-5-17-34(33)36-21-10-23-39-46(36)48-41(27-26-40(49)47(48)45(35)38)50(39)31-15-8-12-29(28-31)32-19-11-25-43-44(32)37-18-6-7-24-42(37)51-43/h1-28H. The van der Waals surface area contributed by atoms with Gasteiger partial charge in [-0.2, -0.15) is 0 Å². The average molecular weight is 665 g/mol. The molecule has 0 bridgehead atoms. The fourth-order valence-corrected chi connectivity index (χ4v) is 10.2. The number of rotatable bonds is 3. The van der Waals surface area contributed by atoms with Gasteiger partial charge in [0, 0.05) is 53.1 Å². The van der Waals surface area contributed by atoms with Crippen molar-refractivity contribution in [3.63, 3.8) is 0 Å². The first-order valence-corrected chi connectivity index (χ1v) is 18.3. The number of fused-ring (bicyclic) bond motifs is 6. The quantitative estimate of drug-likeness (QED) is 0.178. The van der Waals surface area contributed by atoms with E-state index >= 15 is 0 Å². The Morgan fingerprint density at radius 3 is 1.53 bits per heavy atom. The van der Waals surface area contributed by atoms with Gasteiger partial charge in [0.25, 0.3) is 0 Å². The summed E-state index contributed by atoms with van der Waals surface area (Å²) in [5.74, 6) is 0. The van der Waals surface area contributed by atoms with Crippen LogP contribution in [0, 0.1) is 0 Å². The molecular weight excluding hydrogens is 637 g/mol. The van der Waals surface area contributed by atoms with E-state index in [2.05, 4.69) is 179 Å². The topological polar surface area (TPSA) is 9.86 Å². The third kappa shape index (κ3) is 3.60. The van der Waals surface area contributed by atoms with Gasteiger partial charge in [-0.1, -0.05) is 109 Å². The predicted octanol–water partition coefficient (Wildman–Crippen LogP) is 13.7. The van der Waals surface area contributed by atoms with E-state index in [1.54, 1.807) is 0 Å². The van der Waals surface area contributed by atoms with E-state index in [-0.39, 0.29) is 0 Å². The van der Waals surface area contributed by atoms with Gasteiger partial charge in [-0.25, -0.2) is 0 Å². The van der Waals surface area contributed by atoms with Crippen LogP contribution in [-0.2, 0) is 0 Å². The summed E-state index contributed by atoms with van der Waals surface area (Å²) < 4.78 is 7.62. The molecule has 0 unspecified atom stereocenters. The molecule has 51 heavy (non-hydrogen) atoms. The number of hydrogen-bond donors (Lipinski definition) is 0. The van der Waals surface area contributed by atoms with Crippen LogP contribution in [-0.4, -0.2) is 9.13 Å². The van der Waals surface area contributed by atoms with E-state index in [9.17, 15) is 0 Å². The fourth-order valence-electron chi connectivity index (χ4n) is 9.06. The summed E-state index contributed by atoms with van der Waals surface area (Å²) in [6.45, 7) is 0. The van der Waals surface area contributed by atoms with Crippen molar-refractivity contribution in [2.75, 3.05) is 0 Å². The third-order valence-electron chi connectivity index (χ3n) is 11.0. The Kier molecular flexibility index (Phi) is 5.41. The lowest BCUT2D eigenvalue weighted by molar-refractivity contribution is 1.17. The van der Waals surface area contributed by atoms with Crippen molar-refractivity contribution < 1.29 is 0 Å². The molecule has 0 fully saturated rings. The first-order chi connectivity index (χ1) is 25.3. The Hall–Kier alpha value is -6.42. The number of aromatic nitrogens is 2. The first-order valence-electron chi connectivity index (χ1n) is 17.5. The maximum absolute atomic E-state index is 2.51. The zero-order valence-electron chi connectivity index (χ0n) is 27.5. The molecule has 0 spiro atoms. The van der Waals surface area contributed by atoms with Crippen LogP contribution in [0.25, 0.3) is 108 Å². The largest absolute Gasteiger partial charge is 0.309 e. The highest BCUT2D eigenvalue weighted by atomic mass is 32.1. The number of thiophene rings is 1. The van der Waals surface area contributed by atoms with Gasteiger partial charge in [0.2, 0.25) is 0 Å². The molecule has 0 aliphatic heterocycles. The second-order valence-corrected chi connectivity index (χ2v) is 14.7. The summed E-state index contributed by atoms with van der Waals surface area (Å²) in [6.07, 6.45) is 0. The second-order valence-electron chi connectivity index (χ2n) is 13.6. The van der Waals surface area contributed by atoms with Crippen molar-refractivity contribution >= 4 is 96.7 Å². The minimum atomic E-state index is 1.17. The third-order valence-corrected chi connectivity index (χ3v) is 12.2. The lowest BCUT2D eigenvalue weighted by Crippen LogP contribution is -1.95. The summed E-state index contributed by atoms with van der Waals surface area (Å²) in [6, 6.07) is 62.9. The van der Waals surface area contributed by atoms with Gasteiger partial charge >= 0.3 is 0 Å². The second kappa shape index (κ2) is 10.1. The monoisotopic (exact) mass is 664 g/mol. The van der Waals surface area contributed by atoms with Crippen molar-refractivity contribution in [3.05, 3.63) is 170 Å². The van der Waals surface area contributed by atoms with Gasteiger partial charge in [0.1, 0.15) is 0 Å². The van der Waals surface area contributed by atoms with E-state index in [4.69, 9.17) is 0 Å². The van der Waals surface area contributed by atoms with Crippen molar-refractivity contribution in [1.29, 1.82) is 0 Å². The Labute approximate surface area is 297 Å². The summed E-state index contributed by atoms with van der Waals surface area (Å²) >= 11 is 1.87. The molecule has 0 N–H and O–H groups in total. The average Bonchev–Trinajstić information content (AvgIpc) is 3.85. The highest BCUT2D eigenvalue weighted by Gasteiger charge is 2.24. The van der Waals surface area contributed by atoms with Gasteiger partial charge in [-0.3, -0.25) is 0 Å². The molecule has 2 nitrogen and oxygen atoms in total. The van der Waals surface area contributed by atoms with Crippen molar-refractivity contribution in [2.45, 2.75) is 0 Å². The van der Waals surface area contributed by atoms with Crippen LogP contribution < -0.4 is 0 Å². The van der Waals surface area contributed by atoms with Crippen molar-refractivity contribution in [1.82, 2.24) is 9.13 Å². The zero-order chi connectivity index (χ0) is 33.2. The van der Waals surface area contributed by atoms with Gasteiger partial charge in [0.15, 0.2) is 0 Å². The van der Waals surface area contributed by atoms with Gasteiger partial charge in [-0.05, 0) is 93.3 Å². The van der Waals surface area contributed by atoms with Crippen LogP contribution in [0.2, 0.25) is 0 Å². The molecule has 12 rings (SSSR count). The molecular formula is C48H28N2S. The van der Waals surface area contributed by atoms with E-state index in [0.717, 1.165) is 0 Å². The highest BCUT2D eigenvalue weighted by Crippen LogP contribution is 2.48. The van der Waals surface area contributed by atoms with Crippen molar-refractivity contribution in [3.8, 4) is 22.5 Å². The molecule has 0 saturated carbocycles. The highest BCUT2D eigenvalue weighted by molar-refractivity contribution is 7.25. The van der Waals surface area contributed by atoms with Gasteiger partial charge < -0.3 is 9.13 Å². The smallest absolute Gasteiger partial charge is 0.0549 e. The number of para-hydroxylation sites is 1. The van der Waals surface area contributed by atoms with E-state index < -0.39 is 0 Å². The maximum Gasteiger partial charge on any atom is 0.0549 e. The van der Waals surface area contributed by atoms with Crippen LogP contribution in [0.1, 0.15) is 0 Å². The first kappa shape index (κ1) is 27.4. The molecule has 9 aromatic carbocycles. The SMILES string of the molecule is c1ccc(-n2c3cccc4c5ccccc5c5cccc6c5c5c(c43)c2ccc5n6-c2cccc(-c3cccc4sc5ccccc5c34)c2)cc1. The van der Waals surface area contributed by atoms with E-state index in [1.165, 1.54) is 108 Å². The molecule has 3 aromatic heterocycles. The molecule has 0 amide bonds. The Bertz CT molecular complexity index is 3360. The number of nitrogens with zero attached hydrogens (tertiary/aromatic N) is 2. The number of benzene rings is 8. The van der Waals surface area contributed by atoms with Crippen LogP contribution >= 0.6 is 11.3 Å². The van der Waals surface area contributed by atoms with Gasteiger partial charge in [0.05, 0.1) is 22.1 Å². The minimum absolute atomic E-state index is 1.17. The van der Waals surface area contributed by atoms with Crippen LogP contribution in [0.4, 0.5) is 0 Å². The minimum Gasteiger partial charge on any atom is -0.309 e. The fraction of sp³-hybridized carbons (Fsp3) is 0. The molecule has 12 aromatic rings. The van der Waals surface area contributed by atoms with Crippen LogP contribution in [0.5, 0.6) is 0 Å². The predicted molar refractivity (Wildman–Crippen MR) is 220 cm³/mol. The zero-order valence-corrected chi connectivity index (χ0v) is 28.3. The summed E-state index contributed by atoms with van der Waals surface area (Å²) in [5.41, 5.74) is 9.75. The van der Waals surface area contributed by atoms with E-state index in [1.807, 2.05) is 11.3 Å². The Morgan fingerprint density at radius 1 is 0.314 bits per heavy atom. The Morgan fingerprint density at radius 2 is 0.824 bits per heavy atom. The molecule has 0 atom stereocenters. The molecule has 0 saturated heterocycles. The molecule has 3 heteroatoms. The van der Waals surface area contributed by atoms with Gasteiger partial charge in [-0.15, -0.1) is 11.3 Å². The summed E-state index contributed by atoms with van der Waals surface area (Å²) in [5, 5.41) is 13.0. The molecule has 0 aliphatic carbocycles. The summed E-state index contributed by atoms with van der Waals surface area (Å²) in [4.78, 5) is 0. The lowest BCUT2D eigenvalue weighted by Gasteiger charge is -2.12. The lowest BCUT2D eigenvalue weighted by atomic mass is 9.95.